The molecule has 1 unspecified atom stereocenters. The van der Waals surface area contributed by atoms with E-state index in [0.29, 0.717) is 5.92 Å². The topological polar surface area (TPSA) is 19.0 Å². The van der Waals surface area contributed by atoms with Crippen molar-refractivity contribution in [1.82, 2.24) is 0 Å². The van der Waals surface area contributed by atoms with Gasteiger partial charge in [-0.1, -0.05) is 134 Å². The molecule has 0 spiro atoms. The summed E-state index contributed by atoms with van der Waals surface area (Å²) in [5, 5.41) is 0. The molecule has 1 atom stereocenters. The minimum absolute atomic E-state index is 0.0217. The van der Waals surface area contributed by atoms with Gasteiger partial charge in [-0.3, -0.25) is 0 Å². The first-order chi connectivity index (χ1) is 31.3. The number of benzene rings is 8. The fourth-order valence-electron chi connectivity index (χ4n) is 10.7. The van der Waals surface area contributed by atoms with Crippen LogP contribution in [0, 0.1) is 13.8 Å². The number of allylic oxidation sites excluding steroid dienone is 4. The second kappa shape index (κ2) is 14.8. The van der Waals surface area contributed by atoms with E-state index in [1.165, 1.54) is 67.0 Å². The minimum atomic E-state index is -0.258. The molecule has 4 nitrogen and oxygen atoms in total. The molecule has 308 valence electrons. The van der Waals surface area contributed by atoms with Crippen LogP contribution in [-0.2, 0) is 5.41 Å². The number of anilines is 9. The summed E-state index contributed by atoms with van der Waals surface area (Å²) in [7, 11) is 0. The van der Waals surface area contributed by atoms with E-state index in [0.717, 1.165) is 46.4 Å². The van der Waals surface area contributed by atoms with E-state index in [2.05, 4.69) is 243 Å². The Morgan fingerprint density at radius 3 is 1.97 bits per heavy atom. The summed E-state index contributed by atoms with van der Waals surface area (Å²) in [6.45, 7) is 9.02. The Balaban J connectivity index is 1.07. The minimum Gasteiger partial charge on any atom is -0.457 e. The van der Waals surface area contributed by atoms with Gasteiger partial charge in [-0.25, -0.2) is 0 Å². The lowest BCUT2D eigenvalue weighted by molar-refractivity contribution is 0.418. The van der Waals surface area contributed by atoms with Crippen LogP contribution in [-0.4, -0.2) is 6.71 Å². The average molecular weight is 826 g/mol. The Morgan fingerprint density at radius 1 is 0.531 bits per heavy atom. The molecule has 64 heavy (non-hydrogen) atoms. The summed E-state index contributed by atoms with van der Waals surface area (Å²) in [6, 6.07) is 65.3. The molecular formula is C59H48BN3O. The molecule has 0 N–H and O–H groups in total. The van der Waals surface area contributed by atoms with Crippen molar-refractivity contribution < 1.29 is 4.74 Å². The molecule has 0 aromatic heterocycles. The maximum atomic E-state index is 6.56. The Hall–Kier alpha value is -7.50. The Bertz CT molecular complexity index is 3190. The Kier molecular flexibility index (Phi) is 8.84. The highest BCUT2D eigenvalue weighted by Gasteiger charge is 2.43. The third-order valence-corrected chi connectivity index (χ3v) is 13.9. The molecule has 0 saturated heterocycles. The molecule has 0 radical (unpaired) electrons. The van der Waals surface area contributed by atoms with Gasteiger partial charge in [-0.2, -0.15) is 0 Å². The van der Waals surface area contributed by atoms with Gasteiger partial charge in [0.25, 0.3) is 6.71 Å². The van der Waals surface area contributed by atoms with Crippen LogP contribution in [0.25, 0.3) is 0 Å². The first-order valence-corrected chi connectivity index (χ1v) is 22.6. The van der Waals surface area contributed by atoms with Gasteiger partial charge in [0.15, 0.2) is 0 Å². The van der Waals surface area contributed by atoms with Crippen LogP contribution in [0.2, 0.25) is 0 Å². The van der Waals surface area contributed by atoms with Crippen molar-refractivity contribution >= 4 is 74.3 Å². The zero-order chi connectivity index (χ0) is 43.1. The molecule has 8 aromatic carbocycles. The van der Waals surface area contributed by atoms with E-state index in [1.54, 1.807) is 0 Å². The third-order valence-electron chi connectivity index (χ3n) is 13.9. The lowest BCUT2D eigenvalue weighted by Gasteiger charge is -2.44. The molecule has 8 aromatic rings. The second-order valence-corrected chi connectivity index (χ2v) is 18.3. The van der Waals surface area contributed by atoms with Gasteiger partial charge in [0.05, 0.1) is 0 Å². The number of hydrogen-bond donors (Lipinski definition) is 0. The van der Waals surface area contributed by atoms with Crippen LogP contribution < -0.4 is 35.8 Å². The molecule has 1 aliphatic carbocycles. The van der Waals surface area contributed by atoms with Gasteiger partial charge in [0.2, 0.25) is 0 Å². The van der Waals surface area contributed by atoms with Gasteiger partial charge in [-0.05, 0) is 133 Å². The number of rotatable bonds is 6. The van der Waals surface area contributed by atoms with E-state index in [4.69, 9.17) is 4.74 Å². The summed E-state index contributed by atoms with van der Waals surface area (Å²) in [5.74, 6) is 2.20. The molecule has 4 aliphatic rings. The fourth-order valence-corrected chi connectivity index (χ4v) is 10.7. The highest BCUT2D eigenvalue weighted by molar-refractivity contribution is 7.00. The predicted octanol–water partition coefficient (Wildman–Crippen LogP) is 13.9. The Morgan fingerprint density at radius 2 is 1.20 bits per heavy atom. The van der Waals surface area contributed by atoms with E-state index in [9.17, 15) is 0 Å². The van der Waals surface area contributed by atoms with Gasteiger partial charge in [0.1, 0.15) is 11.5 Å². The van der Waals surface area contributed by atoms with Gasteiger partial charge < -0.3 is 19.4 Å². The highest BCUT2D eigenvalue weighted by atomic mass is 16.5. The predicted molar refractivity (Wildman–Crippen MR) is 269 cm³/mol. The van der Waals surface area contributed by atoms with Crippen LogP contribution in [0.1, 0.15) is 54.0 Å². The van der Waals surface area contributed by atoms with Crippen molar-refractivity contribution in [3.8, 4) is 11.5 Å². The van der Waals surface area contributed by atoms with Crippen molar-refractivity contribution in [2.45, 2.75) is 45.4 Å². The largest absolute Gasteiger partial charge is 0.457 e. The zero-order valence-corrected chi connectivity index (χ0v) is 36.7. The molecule has 3 heterocycles. The van der Waals surface area contributed by atoms with Gasteiger partial charge in [-0.15, -0.1) is 0 Å². The normalized spacial score (nSPS) is 15.9. The van der Waals surface area contributed by atoms with Crippen LogP contribution in [0.15, 0.2) is 200 Å². The Labute approximate surface area is 377 Å². The summed E-state index contributed by atoms with van der Waals surface area (Å²) in [6.07, 6.45) is 9.93. The first-order valence-electron chi connectivity index (χ1n) is 22.6. The first kappa shape index (κ1) is 38.2. The maximum Gasteiger partial charge on any atom is 0.252 e. The molecule has 0 bridgehead atoms. The summed E-state index contributed by atoms with van der Waals surface area (Å²) in [4.78, 5) is 7.40. The smallest absolute Gasteiger partial charge is 0.252 e. The van der Waals surface area contributed by atoms with Crippen molar-refractivity contribution in [2.75, 3.05) is 14.7 Å². The third kappa shape index (κ3) is 6.06. The average Bonchev–Trinajstić information content (AvgIpc) is 3.33. The van der Waals surface area contributed by atoms with Crippen LogP contribution in [0.3, 0.4) is 0 Å². The van der Waals surface area contributed by atoms with Crippen LogP contribution in [0.5, 0.6) is 11.5 Å². The van der Waals surface area contributed by atoms with Crippen molar-refractivity contribution in [3.05, 3.63) is 228 Å². The molecule has 12 rings (SSSR count). The number of fused-ring (bicyclic) bond motifs is 6. The second-order valence-electron chi connectivity index (χ2n) is 18.3. The van der Waals surface area contributed by atoms with E-state index in [1.807, 2.05) is 0 Å². The van der Waals surface area contributed by atoms with Crippen molar-refractivity contribution in [2.24, 2.45) is 0 Å². The number of ether oxygens (including phenoxy) is 1. The number of para-hydroxylation sites is 2. The number of aryl methyl sites for hydroxylation is 2. The monoisotopic (exact) mass is 825 g/mol. The maximum absolute atomic E-state index is 6.56. The summed E-state index contributed by atoms with van der Waals surface area (Å²) in [5.41, 5.74) is 20.2. The molecule has 5 heteroatoms. The van der Waals surface area contributed by atoms with E-state index < -0.39 is 0 Å². The summed E-state index contributed by atoms with van der Waals surface area (Å²) >= 11 is 0. The van der Waals surface area contributed by atoms with E-state index in [-0.39, 0.29) is 12.1 Å². The van der Waals surface area contributed by atoms with Gasteiger partial charge in [0, 0.05) is 73.6 Å². The zero-order valence-electron chi connectivity index (χ0n) is 36.7. The lowest BCUT2D eigenvalue weighted by atomic mass is 9.33. The lowest BCUT2D eigenvalue weighted by Crippen LogP contribution is -2.61. The van der Waals surface area contributed by atoms with Crippen LogP contribution in [0.4, 0.5) is 51.2 Å². The standard InChI is InChI=1S/C59H48BN3O/c1-39-22-27-44(28-23-39)62-52-34-24-40(2)36-51(52)60-50-33-31-47(38-55(50)63(54-20-13-19-53(62)58(54)60)45-29-25-42(26-30-45)41-14-7-5-8-15-41)61(43-16-9-6-10-17-43)46-32-35-57-49(37-46)59(3,4)48-18-11-12-21-56(48)64-57/h5-14,16-38,41H,15H2,1-4H3. The SMILES string of the molecule is Cc1ccc(N2c3ccc(C)cc3B3c4ccc(N(c5ccccc5)c5ccc6c(c5)C(C)(C)c5ccccc5O6)cc4N(c4ccc(C5C=CC=CC5)cc4)c4cccc2c43)cc1. The molecule has 0 saturated carbocycles. The number of nitrogens with zero attached hydrogens (tertiary/aromatic N) is 3. The van der Waals surface area contributed by atoms with Gasteiger partial charge >= 0.3 is 0 Å². The van der Waals surface area contributed by atoms with Crippen molar-refractivity contribution in [3.63, 3.8) is 0 Å². The van der Waals surface area contributed by atoms with Crippen LogP contribution >= 0.6 is 0 Å². The summed E-state index contributed by atoms with van der Waals surface area (Å²) < 4.78 is 6.56. The molecular weight excluding hydrogens is 777 g/mol. The quantitative estimate of drug-likeness (QED) is 0.155. The highest BCUT2D eigenvalue weighted by Crippen LogP contribution is 2.51. The van der Waals surface area contributed by atoms with Crippen molar-refractivity contribution in [1.29, 1.82) is 0 Å². The molecule has 0 fully saturated rings. The molecule has 0 amide bonds. The molecule has 3 aliphatic heterocycles. The fraction of sp³-hybridized carbons (Fsp3) is 0.119. The number of hydrogen-bond acceptors (Lipinski definition) is 4. The van der Waals surface area contributed by atoms with E-state index >= 15 is 0 Å².